The van der Waals surface area contributed by atoms with E-state index in [0.29, 0.717) is 23.7 Å². The van der Waals surface area contributed by atoms with Gasteiger partial charge in [-0.3, -0.25) is 0 Å². The lowest BCUT2D eigenvalue weighted by atomic mass is 9.97. The Morgan fingerprint density at radius 1 is 0.500 bits per heavy atom. The molecular formula is C28H64O4. The van der Waals surface area contributed by atoms with Crippen LogP contribution < -0.4 is 0 Å². The summed E-state index contributed by atoms with van der Waals surface area (Å²) in [5, 5.41) is 36.3. The average molecular weight is 465 g/mol. The van der Waals surface area contributed by atoms with Crippen molar-refractivity contribution in [3.63, 3.8) is 0 Å². The van der Waals surface area contributed by atoms with Gasteiger partial charge < -0.3 is 20.4 Å². The Morgan fingerprint density at radius 3 is 0.750 bits per heavy atom. The highest BCUT2D eigenvalue weighted by atomic mass is 16.3. The van der Waals surface area contributed by atoms with Crippen LogP contribution in [0.25, 0.3) is 0 Å². The van der Waals surface area contributed by atoms with E-state index in [9.17, 15) is 5.11 Å². The zero-order valence-electron chi connectivity index (χ0n) is 24.3. The second-order valence-electron chi connectivity index (χ2n) is 11.5. The number of hydrogen-bond donors (Lipinski definition) is 4. The molecule has 32 heavy (non-hydrogen) atoms. The van der Waals surface area contributed by atoms with Gasteiger partial charge in [0.15, 0.2) is 0 Å². The van der Waals surface area contributed by atoms with Crippen LogP contribution in [0.4, 0.5) is 0 Å². The van der Waals surface area contributed by atoms with E-state index in [-0.39, 0.29) is 18.3 Å². The van der Waals surface area contributed by atoms with E-state index in [1.165, 1.54) is 0 Å². The highest BCUT2D eigenvalue weighted by molar-refractivity contribution is 4.66. The Kier molecular flexibility index (Phi) is 29.3. The molecule has 0 aliphatic heterocycles. The molecule has 0 bridgehead atoms. The summed E-state index contributed by atoms with van der Waals surface area (Å²) in [5.41, 5.74) is -0.478. The van der Waals surface area contributed by atoms with Gasteiger partial charge in [0.05, 0.1) is 23.9 Å². The van der Waals surface area contributed by atoms with E-state index in [1.54, 1.807) is 0 Å². The lowest BCUT2D eigenvalue weighted by Gasteiger charge is -2.18. The van der Waals surface area contributed by atoms with Gasteiger partial charge in [-0.15, -0.1) is 0 Å². The van der Waals surface area contributed by atoms with Gasteiger partial charge in [0, 0.05) is 0 Å². The minimum absolute atomic E-state index is 0.0741. The summed E-state index contributed by atoms with van der Waals surface area (Å²) in [6.45, 7) is 26.7. The van der Waals surface area contributed by atoms with Crippen molar-refractivity contribution in [2.24, 2.45) is 23.7 Å². The van der Waals surface area contributed by atoms with E-state index >= 15 is 0 Å². The van der Waals surface area contributed by atoms with E-state index in [4.69, 9.17) is 15.3 Å². The number of rotatable bonds is 11. The van der Waals surface area contributed by atoms with Crippen LogP contribution in [0.1, 0.15) is 135 Å². The SMILES string of the molecule is CC(C)CC(C)(C)O.CCC(O)CC(C)C.CC[C@@H](O)CC(C)C.CC[C@H](O)CC(C)C. The van der Waals surface area contributed by atoms with Crippen molar-refractivity contribution in [3.05, 3.63) is 0 Å². The lowest BCUT2D eigenvalue weighted by Crippen LogP contribution is -2.20. The molecule has 4 heteroatoms. The quantitative estimate of drug-likeness (QED) is 0.260. The molecule has 0 aromatic carbocycles. The largest absolute Gasteiger partial charge is 0.393 e. The van der Waals surface area contributed by atoms with E-state index in [2.05, 4.69) is 55.4 Å². The second-order valence-corrected chi connectivity index (χ2v) is 11.5. The Bertz CT molecular complexity index is 308. The van der Waals surface area contributed by atoms with Crippen molar-refractivity contribution < 1.29 is 20.4 Å². The predicted octanol–water partition coefficient (Wildman–Crippen LogP) is 7.21. The molecule has 0 rings (SSSR count). The summed E-state index contributed by atoms with van der Waals surface area (Å²) in [4.78, 5) is 0. The monoisotopic (exact) mass is 464 g/mol. The van der Waals surface area contributed by atoms with Crippen LogP contribution in [0, 0.1) is 23.7 Å². The molecule has 3 atom stereocenters. The average Bonchev–Trinajstić information content (AvgIpc) is 2.59. The molecule has 0 fully saturated rings. The topological polar surface area (TPSA) is 80.9 Å². The van der Waals surface area contributed by atoms with Crippen LogP contribution in [0.3, 0.4) is 0 Å². The molecule has 4 N–H and O–H groups in total. The van der Waals surface area contributed by atoms with Gasteiger partial charge in [0.1, 0.15) is 0 Å². The summed E-state index contributed by atoms with van der Waals surface area (Å²) in [7, 11) is 0. The number of aliphatic hydroxyl groups excluding tert-OH is 3. The molecule has 0 saturated carbocycles. The number of aliphatic hydroxyl groups is 4. The van der Waals surface area contributed by atoms with Crippen molar-refractivity contribution >= 4 is 0 Å². The first-order valence-corrected chi connectivity index (χ1v) is 13.2. The molecule has 0 spiro atoms. The van der Waals surface area contributed by atoms with E-state index in [0.717, 1.165) is 44.9 Å². The molecular weight excluding hydrogens is 400 g/mol. The third-order valence-corrected chi connectivity index (χ3v) is 4.55. The maximum absolute atomic E-state index is 9.19. The maximum atomic E-state index is 9.19. The predicted molar refractivity (Wildman–Crippen MR) is 143 cm³/mol. The van der Waals surface area contributed by atoms with Gasteiger partial charge in [0.25, 0.3) is 0 Å². The molecule has 0 aromatic heterocycles. The third-order valence-electron chi connectivity index (χ3n) is 4.55. The van der Waals surface area contributed by atoms with Gasteiger partial charge in [-0.2, -0.15) is 0 Å². The van der Waals surface area contributed by atoms with Crippen LogP contribution in [-0.2, 0) is 0 Å². The van der Waals surface area contributed by atoms with Crippen LogP contribution in [-0.4, -0.2) is 44.3 Å². The molecule has 4 nitrogen and oxygen atoms in total. The second kappa shape index (κ2) is 24.0. The number of hydrogen-bond acceptors (Lipinski definition) is 4. The molecule has 0 aliphatic rings. The van der Waals surface area contributed by atoms with Crippen molar-refractivity contribution in [1.82, 2.24) is 0 Å². The standard InChI is InChI=1S/4C7H16O/c1-6(2)5-7(3,4)8;3*1-4-7(8)5-6(2)3/h6,8H,5H2,1-4H3;3*6-8H,4-5H2,1-3H3/t;2*7-;/m.10./s1. The zero-order chi connectivity index (χ0) is 26.5. The fourth-order valence-electron chi connectivity index (χ4n) is 3.13. The normalized spacial score (nSPS) is 14.2. The summed E-state index contributed by atoms with van der Waals surface area (Å²) >= 11 is 0. The van der Waals surface area contributed by atoms with E-state index in [1.807, 2.05) is 34.6 Å². The van der Waals surface area contributed by atoms with Crippen molar-refractivity contribution in [1.29, 1.82) is 0 Å². The molecule has 0 aromatic rings. The molecule has 0 amide bonds. The Balaban J connectivity index is -0.000000163. The first-order valence-electron chi connectivity index (χ1n) is 13.2. The first-order chi connectivity index (χ1) is 14.4. The summed E-state index contributed by atoms with van der Waals surface area (Å²) in [5.74, 6) is 2.48. The van der Waals surface area contributed by atoms with Gasteiger partial charge in [-0.05, 0) is 82.5 Å². The van der Waals surface area contributed by atoms with Crippen molar-refractivity contribution in [3.8, 4) is 0 Å². The summed E-state index contributed by atoms with van der Waals surface area (Å²) in [6, 6.07) is 0. The van der Waals surface area contributed by atoms with Crippen LogP contribution in [0.5, 0.6) is 0 Å². The Morgan fingerprint density at radius 2 is 0.719 bits per heavy atom. The van der Waals surface area contributed by atoms with Gasteiger partial charge in [-0.1, -0.05) is 76.2 Å². The smallest absolute Gasteiger partial charge is 0.0594 e. The summed E-state index contributed by atoms with van der Waals surface area (Å²) in [6.07, 6.45) is 6.14. The molecule has 0 radical (unpaired) electrons. The van der Waals surface area contributed by atoms with Crippen LogP contribution in [0.15, 0.2) is 0 Å². The molecule has 0 heterocycles. The highest BCUT2D eigenvalue weighted by Crippen LogP contribution is 2.14. The van der Waals surface area contributed by atoms with Crippen LogP contribution in [0.2, 0.25) is 0 Å². The van der Waals surface area contributed by atoms with Gasteiger partial charge in [-0.25, -0.2) is 0 Å². The lowest BCUT2D eigenvalue weighted by molar-refractivity contribution is 0.0578. The zero-order valence-corrected chi connectivity index (χ0v) is 24.3. The molecule has 1 unspecified atom stereocenters. The third kappa shape index (κ3) is 47.6. The van der Waals surface area contributed by atoms with Gasteiger partial charge in [0.2, 0.25) is 0 Å². The Labute approximate surface area is 203 Å². The van der Waals surface area contributed by atoms with Crippen molar-refractivity contribution in [2.45, 2.75) is 159 Å². The highest BCUT2D eigenvalue weighted by Gasteiger charge is 2.13. The van der Waals surface area contributed by atoms with Crippen LogP contribution >= 0.6 is 0 Å². The molecule has 200 valence electrons. The first kappa shape index (κ1) is 39.1. The van der Waals surface area contributed by atoms with E-state index < -0.39 is 5.60 Å². The fraction of sp³-hybridized carbons (Fsp3) is 1.00. The minimum Gasteiger partial charge on any atom is -0.393 e. The maximum Gasteiger partial charge on any atom is 0.0594 e. The fourth-order valence-corrected chi connectivity index (χ4v) is 3.13. The van der Waals surface area contributed by atoms with Crippen molar-refractivity contribution in [2.75, 3.05) is 0 Å². The minimum atomic E-state index is -0.478. The molecule has 0 aliphatic carbocycles. The Hall–Kier alpha value is -0.160. The molecule has 0 saturated heterocycles. The summed E-state index contributed by atoms with van der Waals surface area (Å²) < 4.78 is 0. The van der Waals surface area contributed by atoms with Gasteiger partial charge >= 0.3 is 0 Å².